The van der Waals surface area contributed by atoms with Crippen LogP contribution in [0.15, 0.2) is 4.99 Å². The van der Waals surface area contributed by atoms with E-state index in [0.717, 1.165) is 18.6 Å². The number of likely N-dealkylation sites (tertiary alicyclic amines) is 1. The van der Waals surface area contributed by atoms with E-state index in [4.69, 9.17) is 11.5 Å². The summed E-state index contributed by atoms with van der Waals surface area (Å²) in [4.78, 5) is 28.4. The Balaban J connectivity index is 2.47. The number of amides is 2. The zero-order valence-corrected chi connectivity index (χ0v) is 11.6. The summed E-state index contributed by atoms with van der Waals surface area (Å²) in [5, 5.41) is -0.0146. The van der Waals surface area contributed by atoms with Gasteiger partial charge < -0.3 is 11.5 Å². The molecule has 2 amide bonds. The van der Waals surface area contributed by atoms with Gasteiger partial charge in [-0.3, -0.25) is 19.5 Å². The first-order valence-electron chi connectivity index (χ1n) is 5.99. The van der Waals surface area contributed by atoms with Crippen LogP contribution in [0.1, 0.15) is 26.7 Å². The lowest BCUT2D eigenvalue weighted by molar-refractivity contribution is -0.160. The molecule has 0 radical (unpaired) electrons. The van der Waals surface area contributed by atoms with Gasteiger partial charge in [-0.2, -0.15) is 0 Å². The normalized spacial score (nSPS) is 22.6. The SMILES string of the molecule is CCS[C@@H]1[C@@H](CCCN=C(N)N)C(=O)N1C(C)=O. The van der Waals surface area contributed by atoms with Crippen molar-refractivity contribution in [1.82, 2.24) is 4.90 Å². The zero-order chi connectivity index (χ0) is 13.7. The molecule has 1 rings (SSSR count). The fourth-order valence-corrected chi connectivity index (χ4v) is 3.23. The van der Waals surface area contributed by atoms with E-state index in [1.54, 1.807) is 11.8 Å². The smallest absolute Gasteiger partial charge is 0.236 e. The number of thioether (sulfide) groups is 1. The third-order valence-electron chi connectivity index (χ3n) is 2.80. The van der Waals surface area contributed by atoms with E-state index in [1.165, 1.54) is 11.8 Å². The van der Waals surface area contributed by atoms with Gasteiger partial charge in [-0.1, -0.05) is 6.92 Å². The summed E-state index contributed by atoms with van der Waals surface area (Å²) in [6.45, 7) is 3.97. The van der Waals surface area contributed by atoms with Crippen LogP contribution in [0.3, 0.4) is 0 Å². The molecular formula is C11H20N4O2S. The molecule has 102 valence electrons. The second kappa shape index (κ2) is 6.63. The molecule has 1 aliphatic rings. The van der Waals surface area contributed by atoms with Crippen LogP contribution < -0.4 is 11.5 Å². The quantitative estimate of drug-likeness (QED) is 0.309. The predicted octanol–water partition coefficient (Wildman–Crippen LogP) is 0.124. The van der Waals surface area contributed by atoms with Crippen LogP contribution >= 0.6 is 11.8 Å². The minimum absolute atomic E-state index is 0.0146. The molecular weight excluding hydrogens is 252 g/mol. The standard InChI is InChI=1S/C11H20N4O2S/c1-3-18-10-8(5-4-6-14-11(12)13)9(17)15(10)7(2)16/h8,10H,3-6H2,1-2H3,(H4,12,13,14)/t8-,10+/m0/s1. The molecule has 0 aromatic rings. The van der Waals surface area contributed by atoms with Gasteiger partial charge in [0.25, 0.3) is 0 Å². The summed E-state index contributed by atoms with van der Waals surface area (Å²) >= 11 is 1.63. The highest BCUT2D eigenvalue weighted by atomic mass is 32.2. The van der Waals surface area contributed by atoms with Crippen LogP contribution in [0.5, 0.6) is 0 Å². The highest BCUT2D eigenvalue weighted by Gasteiger charge is 2.48. The van der Waals surface area contributed by atoms with Gasteiger partial charge in [0.2, 0.25) is 11.8 Å². The molecule has 4 N–H and O–H groups in total. The second-order valence-electron chi connectivity index (χ2n) is 4.13. The molecule has 6 nitrogen and oxygen atoms in total. The Morgan fingerprint density at radius 2 is 2.17 bits per heavy atom. The van der Waals surface area contributed by atoms with E-state index in [0.29, 0.717) is 6.54 Å². The van der Waals surface area contributed by atoms with Crippen molar-refractivity contribution in [3.63, 3.8) is 0 Å². The summed E-state index contributed by atoms with van der Waals surface area (Å²) in [5.41, 5.74) is 10.4. The molecule has 0 aliphatic carbocycles. The van der Waals surface area contributed by atoms with Crippen molar-refractivity contribution in [2.75, 3.05) is 12.3 Å². The summed E-state index contributed by atoms with van der Waals surface area (Å²) in [6.07, 6.45) is 1.47. The van der Waals surface area contributed by atoms with Crippen molar-refractivity contribution in [3.05, 3.63) is 0 Å². The molecule has 0 aromatic heterocycles. The molecule has 1 fully saturated rings. The number of aliphatic imine (C=N–C) groups is 1. The minimum atomic E-state index is -0.175. The van der Waals surface area contributed by atoms with E-state index in [-0.39, 0.29) is 29.1 Å². The number of carbonyl (C=O) groups excluding carboxylic acids is 2. The summed E-state index contributed by atoms with van der Waals surface area (Å²) in [5.74, 6) is 0.629. The van der Waals surface area contributed by atoms with Crippen molar-refractivity contribution in [3.8, 4) is 0 Å². The number of nitrogens with zero attached hydrogens (tertiary/aromatic N) is 2. The molecule has 0 bridgehead atoms. The van der Waals surface area contributed by atoms with Crippen LogP contribution in [0.25, 0.3) is 0 Å². The first kappa shape index (κ1) is 14.8. The molecule has 2 atom stereocenters. The van der Waals surface area contributed by atoms with Crippen molar-refractivity contribution in [1.29, 1.82) is 0 Å². The molecule has 0 aromatic carbocycles. The average molecular weight is 272 g/mol. The Morgan fingerprint density at radius 1 is 1.50 bits per heavy atom. The highest BCUT2D eigenvalue weighted by Crippen LogP contribution is 2.37. The molecule has 18 heavy (non-hydrogen) atoms. The van der Waals surface area contributed by atoms with E-state index < -0.39 is 0 Å². The first-order chi connectivity index (χ1) is 8.49. The Hall–Kier alpha value is -1.24. The minimum Gasteiger partial charge on any atom is -0.370 e. The van der Waals surface area contributed by atoms with E-state index in [9.17, 15) is 9.59 Å². The topological polar surface area (TPSA) is 102 Å². The highest BCUT2D eigenvalue weighted by molar-refractivity contribution is 8.00. The van der Waals surface area contributed by atoms with E-state index >= 15 is 0 Å². The summed E-state index contributed by atoms with van der Waals surface area (Å²) in [7, 11) is 0. The van der Waals surface area contributed by atoms with Crippen molar-refractivity contribution in [2.24, 2.45) is 22.4 Å². The number of nitrogens with two attached hydrogens (primary N) is 2. The third kappa shape index (κ3) is 3.38. The maximum atomic E-state index is 11.8. The largest absolute Gasteiger partial charge is 0.370 e. The van der Waals surface area contributed by atoms with E-state index in [1.807, 2.05) is 6.92 Å². The number of rotatable bonds is 6. The van der Waals surface area contributed by atoms with Gasteiger partial charge in [-0.05, 0) is 18.6 Å². The monoisotopic (exact) mass is 272 g/mol. The third-order valence-corrected chi connectivity index (χ3v) is 4.01. The van der Waals surface area contributed by atoms with Crippen LogP contribution in [-0.2, 0) is 9.59 Å². The lowest BCUT2D eigenvalue weighted by Crippen LogP contribution is -2.61. The Bertz CT molecular complexity index is 355. The van der Waals surface area contributed by atoms with Crippen LogP contribution in [0, 0.1) is 5.92 Å². The number of guanidine groups is 1. The molecule has 0 spiro atoms. The predicted molar refractivity (Wildman–Crippen MR) is 72.8 cm³/mol. The Labute approximate surface area is 111 Å². The van der Waals surface area contributed by atoms with Gasteiger partial charge in [0.15, 0.2) is 5.96 Å². The summed E-state index contributed by atoms with van der Waals surface area (Å²) < 4.78 is 0. The molecule has 1 aliphatic heterocycles. The molecule has 7 heteroatoms. The van der Waals surface area contributed by atoms with Crippen LogP contribution in [0.4, 0.5) is 0 Å². The van der Waals surface area contributed by atoms with Gasteiger partial charge in [0.1, 0.15) is 0 Å². The Morgan fingerprint density at radius 3 is 2.67 bits per heavy atom. The van der Waals surface area contributed by atoms with Gasteiger partial charge in [-0.15, -0.1) is 11.8 Å². The maximum absolute atomic E-state index is 11.8. The molecule has 1 saturated heterocycles. The number of imide groups is 1. The maximum Gasteiger partial charge on any atom is 0.236 e. The number of hydrogen-bond acceptors (Lipinski definition) is 4. The summed E-state index contributed by atoms with van der Waals surface area (Å²) in [6, 6.07) is 0. The molecule has 0 unspecified atom stereocenters. The fourth-order valence-electron chi connectivity index (χ4n) is 2.01. The van der Waals surface area contributed by atoms with Gasteiger partial charge in [0.05, 0.1) is 11.3 Å². The van der Waals surface area contributed by atoms with Crippen molar-refractivity contribution >= 4 is 29.5 Å². The van der Waals surface area contributed by atoms with Crippen molar-refractivity contribution < 1.29 is 9.59 Å². The van der Waals surface area contributed by atoms with Gasteiger partial charge in [0, 0.05) is 13.5 Å². The first-order valence-corrected chi connectivity index (χ1v) is 7.04. The second-order valence-corrected chi connectivity index (χ2v) is 5.52. The lowest BCUT2D eigenvalue weighted by atomic mass is 9.93. The number of carbonyl (C=O) groups is 2. The Kier molecular flexibility index (Phi) is 5.46. The van der Waals surface area contributed by atoms with Crippen molar-refractivity contribution in [2.45, 2.75) is 32.1 Å². The number of hydrogen-bond donors (Lipinski definition) is 2. The lowest BCUT2D eigenvalue weighted by Gasteiger charge is -2.44. The average Bonchev–Trinajstić information content (AvgIpc) is 2.27. The molecule has 1 heterocycles. The van der Waals surface area contributed by atoms with Crippen LogP contribution in [-0.4, -0.2) is 40.3 Å². The van der Waals surface area contributed by atoms with Gasteiger partial charge >= 0.3 is 0 Å². The number of β-lactam (4-membered cyclic amide) rings is 1. The fraction of sp³-hybridized carbons (Fsp3) is 0.727. The molecule has 0 saturated carbocycles. The zero-order valence-electron chi connectivity index (χ0n) is 10.8. The van der Waals surface area contributed by atoms with E-state index in [2.05, 4.69) is 4.99 Å². The van der Waals surface area contributed by atoms with Crippen LogP contribution in [0.2, 0.25) is 0 Å². The van der Waals surface area contributed by atoms with Gasteiger partial charge in [-0.25, -0.2) is 0 Å².